The van der Waals surface area contributed by atoms with E-state index in [0.717, 1.165) is 27.9 Å². The molecule has 5 nitrogen and oxygen atoms in total. The van der Waals surface area contributed by atoms with E-state index in [9.17, 15) is 9.18 Å². The Bertz CT molecular complexity index is 878. The minimum Gasteiger partial charge on any atom is -0.361 e. The van der Waals surface area contributed by atoms with Gasteiger partial charge in [-0.2, -0.15) is 5.10 Å². The standard InChI is InChI=1S/C18H21FN4O/c1-10(2)17-16(11(3)22-23-17)18(24)20-7-6-12-9-21-15-8-13(19)4-5-14(12)15/h4-5,8-10,21H,6-7H2,1-3H3,(H,20,24)(H,22,23). The molecule has 126 valence electrons. The molecule has 0 radical (unpaired) electrons. The Labute approximate surface area is 139 Å². The van der Waals surface area contributed by atoms with E-state index < -0.39 is 0 Å². The molecule has 2 heterocycles. The summed E-state index contributed by atoms with van der Waals surface area (Å²) in [5.41, 5.74) is 4.01. The summed E-state index contributed by atoms with van der Waals surface area (Å²) >= 11 is 0. The number of aryl methyl sites for hydroxylation is 1. The number of amides is 1. The van der Waals surface area contributed by atoms with Crippen molar-refractivity contribution in [2.75, 3.05) is 6.54 Å². The smallest absolute Gasteiger partial charge is 0.255 e. The molecule has 1 aromatic carbocycles. The topological polar surface area (TPSA) is 73.6 Å². The van der Waals surface area contributed by atoms with Crippen LogP contribution in [0.2, 0.25) is 0 Å². The third kappa shape index (κ3) is 3.04. The van der Waals surface area contributed by atoms with E-state index in [1.165, 1.54) is 12.1 Å². The Kier molecular flexibility index (Phi) is 4.38. The highest BCUT2D eigenvalue weighted by Gasteiger charge is 2.19. The van der Waals surface area contributed by atoms with Gasteiger partial charge < -0.3 is 10.3 Å². The molecular weight excluding hydrogens is 307 g/mol. The highest BCUT2D eigenvalue weighted by molar-refractivity contribution is 5.96. The van der Waals surface area contributed by atoms with Gasteiger partial charge in [0.2, 0.25) is 0 Å². The van der Waals surface area contributed by atoms with Crippen LogP contribution in [0.4, 0.5) is 4.39 Å². The van der Waals surface area contributed by atoms with Crippen molar-refractivity contribution < 1.29 is 9.18 Å². The summed E-state index contributed by atoms with van der Waals surface area (Å²) < 4.78 is 13.2. The van der Waals surface area contributed by atoms with Crippen LogP contribution >= 0.6 is 0 Å². The molecule has 0 spiro atoms. The number of halogens is 1. The number of nitrogens with one attached hydrogen (secondary N) is 3. The maximum absolute atomic E-state index is 13.2. The fraction of sp³-hybridized carbons (Fsp3) is 0.333. The molecule has 0 aliphatic heterocycles. The second-order valence-electron chi connectivity index (χ2n) is 6.27. The SMILES string of the molecule is Cc1[nH]nc(C(C)C)c1C(=O)NCCc1c[nH]c2cc(F)ccc12. The predicted octanol–water partition coefficient (Wildman–Crippen LogP) is 3.43. The largest absolute Gasteiger partial charge is 0.361 e. The number of rotatable bonds is 5. The van der Waals surface area contributed by atoms with Gasteiger partial charge in [0.15, 0.2) is 0 Å². The van der Waals surface area contributed by atoms with Crippen molar-refractivity contribution in [1.82, 2.24) is 20.5 Å². The predicted molar refractivity (Wildman–Crippen MR) is 91.7 cm³/mol. The Morgan fingerprint density at radius 1 is 1.38 bits per heavy atom. The number of hydrogen-bond donors (Lipinski definition) is 3. The number of benzene rings is 1. The Balaban J connectivity index is 1.68. The average molecular weight is 328 g/mol. The van der Waals surface area contributed by atoms with E-state index in [-0.39, 0.29) is 17.6 Å². The van der Waals surface area contributed by atoms with Crippen LogP contribution in [0.5, 0.6) is 0 Å². The maximum Gasteiger partial charge on any atom is 0.255 e. The van der Waals surface area contributed by atoms with Crippen molar-refractivity contribution in [3.63, 3.8) is 0 Å². The highest BCUT2D eigenvalue weighted by Crippen LogP contribution is 2.21. The minimum atomic E-state index is -0.263. The molecule has 0 atom stereocenters. The number of carbonyl (C=O) groups excluding carboxylic acids is 1. The lowest BCUT2D eigenvalue weighted by Gasteiger charge is -2.08. The van der Waals surface area contributed by atoms with Crippen molar-refractivity contribution in [3.05, 3.63) is 52.7 Å². The van der Waals surface area contributed by atoms with E-state index in [2.05, 4.69) is 20.5 Å². The number of aromatic nitrogens is 3. The number of H-pyrrole nitrogens is 2. The van der Waals surface area contributed by atoms with Gasteiger partial charge in [-0.15, -0.1) is 0 Å². The molecule has 1 amide bonds. The van der Waals surface area contributed by atoms with Crippen LogP contribution < -0.4 is 5.32 Å². The molecule has 0 saturated heterocycles. The van der Waals surface area contributed by atoms with Crippen LogP contribution in [-0.2, 0) is 6.42 Å². The zero-order valence-electron chi connectivity index (χ0n) is 14.0. The molecule has 0 saturated carbocycles. The van der Waals surface area contributed by atoms with Crippen LogP contribution in [0.3, 0.4) is 0 Å². The third-order valence-electron chi connectivity index (χ3n) is 4.16. The van der Waals surface area contributed by atoms with Gasteiger partial charge in [-0.05, 0) is 43.0 Å². The molecule has 0 bridgehead atoms. The monoisotopic (exact) mass is 328 g/mol. The van der Waals surface area contributed by atoms with Crippen LogP contribution in [0.1, 0.15) is 47.1 Å². The molecular formula is C18H21FN4O. The van der Waals surface area contributed by atoms with Gasteiger partial charge in [0.1, 0.15) is 5.82 Å². The number of aromatic amines is 2. The Morgan fingerprint density at radius 3 is 2.92 bits per heavy atom. The van der Waals surface area contributed by atoms with Crippen molar-refractivity contribution in [3.8, 4) is 0 Å². The van der Waals surface area contributed by atoms with E-state index in [4.69, 9.17) is 0 Å². The second kappa shape index (κ2) is 6.47. The molecule has 0 unspecified atom stereocenters. The van der Waals surface area contributed by atoms with Crippen LogP contribution in [0, 0.1) is 12.7 Å². The summed E-state index contributed by atoms with van der Waals surface area (Å²) in [7, 11) is 0. The van der Waals surface area contributed by atoms with Crippen molar-refractivity contribution in [1.29, 1.82) is 0 Å². The third-order valence-corrected chi connectivity index (χ3v) is 4.16. The Morgan fingerprint density at radius 2 is 2.17 bits per heavy atom. The fourth-order valence-corrected chi connectivity index (χ4v) is 2.92. The molecule has 2 aromatic heterocycles. The average Bonchev–Trinajstić information content (AvgIpc) is 3.10. The molecule has 0 fully saturated rings. The normalized spacial score (nSPS) is 11.4. The maximum atomic E-state index is 13.2. The molecule has 24 heavy (non-hydrogen) atoms. The van der Waals surface area contributed by atoms with Crippen LogP contribution in [-0.4, -0.2) is 27.6 Å². The lowest BCUT2D eigenvalue weighted by atomic mass is 10.0. The van der Waals surface area contributed by atoms with Crippen LogP contribution in [0.25, 0.3) is 10.9 Å². The first-order chi connectivity index (χ1) is 11.5. The Hall–Kier alpha value is -2.63. The fourth-order valence-electron chi connectivity index (χ4n) is 2.92. The van der Waals surface area contributed by atoms with E-state index in [1.54, 1.807) is 6.07 Å². The van der Waals surface area contributed by atoms with Crippen molar-refractivity contribution in [2.24, 2.45) is 0 Å². The molecule has 3 aromatic rings. The summed E-state index contributed by atoms with van der Waals surface area (Å²) in [5.74, 6) is -0.198. The van der Waals surface area contributed by atoms with Gasteiger partial charge in [-0.25, -0.2) is 4.39 Å². The lowest BCUT2D eigenvalue weighted by molar-refractivity contribution is 0.0952. The first-order valence-corrected chi connectivity index (χ1v) is 8.06. The van der Waals surface area contributed by atoms with E-state index in [0.29, 0.717) is 18.5 Å². The van der Waals surface area contributed by atoms with Crippen LogP contribution in [0.15, 0.2) is 24.4 Å². The van der Waals surface area contributed by atoms with Gasteiger partial charge >= 0.3 is 0 Å². The lowest BCUT2D eigenvalue weighted by Crippen LogP contribution is -2.27. The molecule has 0 aliphatic rings. The first kappa shape index (κ1) is 16.2. The highest BCUT2D eigenvalue weighted by atomic mass is 19.1. The van der Waals surface area contributed by atoms with Gasteiger partial charge in [0.25, 0.3) is 5.91 Å². The van der Waals surface area contributed by atoms with Gasteiger partial charge in [-0.3, -0.25) is 9.89 Å². The quantitative estimate of drug-likeness (QED) is 0.671. The molecule has 6 heteroatoms. The van der Waals surface area contributed by atoms with Crippen molar-refractivity contribution in [2.45, 2.75) is 33.1 Å². The summed E-state index contributed by atoms with van der Waals surface area (Å²) in [6.45, 7) is 6.38. The molecule has 3 N–H and O–H groups in total. The number of hydrogen-bond acceptors (Lipinski definition) is 2. The first-order valence-electron chi connectivity index (χ1n) is 8.06. The summed E-state index contributed by atoms with van der Waals surface area (Å²) in [6.07, 6.45) is 2.53. The van der Waals surface area contributed by atoms with Gasteiger partial charge in [0.05, 0.1) is 11.3 Å². The minimum absolute atomic E-state index is 0.115. The number of fused-ring (bicyclic) bond motifs is 1. The van der Waals surface area contributed by atoms with Gasteiger partial charge in [-0.1, -0.05) is 13.8 Å². The molecule has 0 aliphatic carbocycles. The molecule has 3 rings (SSSR count). The summed E-state index contributed by atoms with van der Waals surface area (Å²) in [4.78, 5) is 15.5. The van der Waals surface area contributed by atoms with Gasteiger partial charge in [0, 0.05) is 29.3 Å². The number of nitrogens with zero attached hydrogens (tertiary/aromatic N) is 1. The van der Waals surface area contributed by atoms with E-state index in [1.807, 2.05) is 27.0 Å². The van der Waals surface area contributed by atoms with Crippen molar-refractivity contribution >= 4 is 16.8 Å². The second-order valence-corrected chi connectivity index (χ2v) is 6.27. The zero-order chi connectivity index (χ0) is 17.3. The number of carbonyl (C=O) groups is 1. The van der Waals surface area contributed by atoms with E-state index >= 15 is 0 Å². The summed E-state index contributed by atoms with van der Waals surface area (Å²) in [5, 5.41) is 11.0. The summed E-state index contributed by atoms with van der Waals surface area (Å²) in [6, 6.07) is 4.68. The zero-order valence-corrected chi connectivity index (χ0v) is 14.0.